The Hall–Kier alpha value is -0.550. The number of nitrogens with zero attached hydrogens (tertiary/aromatic N) is 1. The molecule has 0 spiro atoms. The summed E-state index contributed by atoms with van der Waals surface area (Å²) in [5.41, 5.74) is 0. The maximum atomic E-state index is 4.33. The molecule has 3 nitrogen and oxygen atoms in total. The summed E-state index contributed by atoms with van der Waals surface area (Å²) in [5.74, 6) is 0.915. The van der Waals surface area contributed by atoms with Crippen molar-refractivity contribution < 1.29 is 0 Å². The molecule has 5 heteroatoms. The van der Waals surface area contributed by atoms with E-state index in [1.807, 2.05) is 0 Å². The van der Waals surface area contributed by atoms with E-state index in [1.165, 1.54) is 9.35 Å². The summed E-state index contributed by atoms with van der Waals surface area (Å²) in [6.07, 6.45) is 0. The highest BCUT2D eigenvalue weighted by molar-refractivity contribution is 9.10. The molecular formula is C9H12BrN3S. The first-order valence-electron chi connectivity index (χ1n) is 4.52. The molecule has 1 atom stereocenters. The molecule has 1 aromatic heterocycles. The zero-order valence-corrected chi connectivity index (χ0v) is 10.3. The Kier molecular flexibility index (Phi) is 3.08. The van der Waals surface area contributed by atoms with Crippen molar-refractivity contribution in [1.82, 2.24) is 10.6 Å². The maximum Gasteiger partial charge on any atom is 0.191 e. The second-order valence-corrected chi connectivity index (χ2v) is 5.13. The number of nitrogens with one attached hydrogen (secondary N) is 2. The van der Waals surface area contributed by atoms with Gasteiger partial charge in [-0.05, 0) is 34.3 Å². The summed E-state index contributed by atoms with van der Waals surface area (Å²) in [6, 6.07) is 2.53. The lowest BCUT2D eigenvalue weighted by Gasteiger charge is -2.07. The van der Waals surface area contributed by atoms with Crippen LogP contribution in [0.3, 0.4) is 0 Å². The minimum absolute atomic E-state index is 0.462. The summed E-state index contributed by atoms with van der Waals surface area (Å²) >= 11 is 5.24. The normalized spacial score (nSPS) is 20.4. The van der Waals surface area contributed by atoms with Crippen LogP contribution >= 0.6 is 27.3 Å². The van der Waals surface area contributed by atoms with Gasteiger partial charge in [0, 0.05) is 15.4 Å². The molecule has 0 radical (unpaired) electrons. The van der Waals surface area contributed by atoms with E-state index in [0.29, 0.717) is 6.04 Å². The van der Waals surface area contributed by atoms with Gasteiger partial charge in [0.1, 0.15) is 0 Å². The number of guanidine groups is 1. The quantitative estimate of drug-likeness (QED) is 0.864. The number of halogens is 1. The van der Waals surface area contributed by atoms with Crippen LogP contribution in [0.25, 0.3) is 0 Å². The Bertz CT molecular complexity index is 348. The van der Waals surface area contributed by atoms with Crippen LogP contribution in [0.2, 0.25) is 0 Å². The van der Waals surface area contributed by atoms with E-state index in [1.54, 1.807) is 11.3 Å². The van der Waals surface area contributed by atoms with Gasteiger partial charge in [0.05, 0.1) is 13.1 Å². The van der Waals surface area contributed by atoms with Crippen LogP contribution in [-0.4, -0.2) is 18.5 Å². The van der Waals surface area contributed by atoms with E-state index in [4.69, 9.17) is 0 Å². The van der Waals surface area contributed by atoms with Crippen LogP contribution in [0.1, 0.15) is 11.8 Å². The molecule has 0 amide bonds. The third-order valence-corrected chi connectivity index (χ3v) is 3.94. The van der Waals surface area contributed by atoms with Gasteiger partial charge in [0.15, 0.2) is 5.96 Å². The minimum Gasteiger partial charge on any atom is -0.352 e. The van der Waals surface area contributed by atoms with Crippen molar-refractivity contribution in [2.24, 2.45) is 4.99 Å². The number of thiophene rings is 1. The van der Waals surface area contributed by atoms with Gasteiger partial charge in [-0.1, -0.05) is 0 Å². The lowest BCUT2D eigenvalue weighted by Crippen LogP contribution is -2.37. The smallest absolute Gasteiger partial charge is 0.191 e. The van der Waals surface area contributed by atoms with E-state index < -0.39 is 0 Å². The Morgan fingerprint density at radius 1 is 1.79 bits per heavy atom. The van der Waals surface area contributed by atoms with Crippen LogP contribution in [0.4, 0.5) is 0 Å². The van der Waals surface area contributed by atoms with Crippen LogP contribution < -0.4 is 10.6 Å². The number of aliphatic imine (C=N–C) groups is 1. The molecule has 0 saturated heterocycles. The molecule has 2 rings (SSSR count). The van der Waals surface area contributed by atoms with Crippen LogP contribution in [0.15, 0.2) is 20.9 Å². The second kappa shape index (κ2) is 4.31. The van der Waals surface area contributed by atoms with Crippen molar-refractivity contribution >= 4 is 33.2 Å². The SMILES string of the molecule is CC1CN=C(NCc2sccc2Br)N1. The summed E-state index contributed by atoms with van der Waals surface area (Å²) in [7, 11) is 0. The lowest BCUT2D eigenvalue weighted by atomic mass is 10.4. The molecule has 0 bridgehead atoms. The van der Waals surface area contributed by atoms with E-state index in [0.717, 1.165) is 19.0 Å². The Morgan fingerprint density at radius 3 is 3.21 bits per heavy atom. The third kappa shape index (κ3) is 2.27. The van der Waals surface area contributed by atoms with Gasteiger partial charge in [-0.3, -0.25) is 4.99 Å². The lowest BCUT2D eigenvalue weighted by molar-refractivity contribution is 0.714. The van der Waals surface area contributed by atoms with Crippen molar-refractivity contribution in [2.45, 2.75) is 19.5 Å². The number of hydrogen-bond donors (Lipinski definition) is 2. The van der Waals surface area contributed by atoms with Crippen LogP contribution in [0.5, 0.6) is 0 Å². The van der Waals surface area contributed by atoms with Gasteiger partial charge in [-0.15, -0.1) is 11.3 Å². The fourth-order valence-corrected chi connectivity index (χ4v) is 2.71. The molecule has 1 unspecified atom stereocenters. The highest BCUT2D eigenvalue weighted by atomic mass is 79.9. The molecule has 0 saturated carbocycles. The standard InChI is InChI=1S/C9H12BrN3S/c1-6-4-11-9(13-6)12-5-8-7(10)2-3-14-8/h2-3,6H,4-5H2,1H3,(H2,11,12,13). The highest BCUT2D eigenvalue weighted by Gasteiger charge is 2.12. The Balaban J connectivity index is 1.86. The molecule has 2 heterocycles. The summed E-state index contributed by atoms with van der Waals surface area (Å²) in [4.78, 5) is 5.63. The van der Waals surface area contributed by atoms with Gasteiger partial charge < -0.3 is 10.6 Å². The first kappa shape index (κ1) is 9.98. The predicted octanol–water partition coefficient (Wildman–Crippen LogP) is 1.95. The monoisotopic (exact) mass is 273 g/mol. The van der Waals surface area contributed by atoms with Crippen LogP contribution in [-0.2, 0) is 6.54 Å². The molecule has 0 aliphatic carbocycles. The van der Waals surface area contributed by atoms with Crippen molar-refractivity contribution in [1.29, 1.82) is 0 Å². The average Bonchev–Trinajstić information content (AvgIpc) is 2.72. The average molecular weight is 274 g/mol. The molecule has 1 aliphatic heterocycles. The summed E-state index contributed by atoms with van der Waals surface area (Å²) in [6.45, 7) is 3.82. The van der Waals surface area contributed by atoms with Gasteiger partial charge in [-0.25, -0.2) is 0 Å². The van der Waals surface area contributed by atoms with Gasteiger partial charge in [0.2, 0.25) is 0 Å². The van der Waals surface area contributed by atoms with Gasteiger partial charge >= 0.3 is 0 Å². The van der Waals surface area contributed by atoms with Gasteiger partial charge in [-0.2, -0.15) is 0 Å². The molecule has 0 fully saturated rings. The molecule has 1 aliphatic rings. The summed E-state index contributed by atoms with van der Waals surface area (Å²) in [5, 5.41) is 8.62. The maximum absolute atomic E-state index is 4.33. The molecule has 76 valence electrons. The fraction of sp³-hybridized carbons (Fsp3) is 0.444. The molecule has 2 N–H and O–H groups in total. The highest BCUT2D eigenvalue weighted by Crippen LogP contribution is 2.22. The summed E-state index contributed by atoms with van der Waals surface area (Å²) < 4.78 is 1.17. The predicted molar refractivity (Wildman–Crippen MR) is 63.8 cm³/mol. The third-order valence-electron chi connectivity index (χ3n) is 2.01. The minimum atomic E-state index is 0.462. The van der Waals surface area contributed by atoms with Crippen molar-refractivity contribution in [2.75, 3.05) is 6.54 Å². The number of rotatable bonds is 2. The topological polar surface area (TPSA) is 36.4 Å². The molecule has 1 aromatic rings. The fourth-order valence-electron chi connectivity index (χ4n) is 1.28. The molecule has 0 aromatic carbocycles. The first-order chi connectivity index (χ1) is 6.75. The zero-order valence-electron chi connectivity index (χ0n) is 7.88. The van der Waals surface area contributed by atoms with Crippen LogP contribution in [0, 0.1) is 0 Å². The van der Waals surface area contributed by atoms with Crippen molar-refractivity contribution in [3.8, 4) is 0 Å². The van der Waals surface area contributed by atoms with Gasteiger partial charge in [0.25, 0.3) is 0 Å². The van der Waals surface area contributed by atoms with E-state index >= 15 is 0 Å². The Morgan fingerprint density at radius 2 is 2.64 bits per heavy atom. The largest absolute Gasteiger partial charge is 0.352 e. The van der Waals surface area contributed by atoms with E-state index in [2.05, 4.69) is 49.9 Å². The van der Waals surface area contributed by atoms with Crippen molar-refractivity contribution in [3.63, 3.8) is 0 Å². The first-order valence-corrected chi connectivity index (χ1v) is 6.19. The zero-order chi connectivity index (χ0) is 9.97. The molecule has 14 heavy (non-hydrogen) atoms. The molecular weight excluding hydrogens is 262 g/mol. The van der Waals surface area contributed by atoms with E-state index in [9.17, 15) is 0 Å². The number of hydrogen-bond acceptors (Lipinski definition) is 4. The Labute approximate surface area is 95.8 Å². The second-order valence-electron chi connectivity index (χ2n) is 3.28. The van der Waals surface area contributed by atoms with E-state index in [-0.39, 0.29) is 0 Å². The van der Waals surface area contributed by atoms with Crippen molar-refractivity contribution in [3.05, 3.63) is 20.8 Å².